The van der Waals surface area contributed by atoms with Crippen molar-refractivity contribution >= 4 is 0 Å². The minimum atomic E-state index is 0.384. The van der Waals surface area contributed by atoms with E-state index in [1.54, 1.807) is 6.07 Å². The largest absolute Gasteiger partial charge is 0.508 e. The second-order valence-electron chi connectivity index (χ2n) is 3.67. The molecule has 2 N–H and O–H groups in total. The van der Waals surface area contributed by atoms with Gasteiger partial charge >= 0.3 is 0 Å². The maximum absolute atomic E-state index is 9.53. The molecule has 1 rings (SSSR count). The molecule has 0 saturated heterocycles. The quantitative estimate of drug-likeness (QED) is 0.773. The zero-order valence-corrected chi connectivity index (χ0v) is 9.39. The van der Waals surface area contributed by atoms with E-state index in [0.717, 1.165) is 12.0 Å². The fraction of sp³-hybridized carbons (Fsp3) is 0.500. The van der Waals surface area contributed by atoms with Gasteiger partial charge in [0.05, 0.1) is 0 Å². The Bertz CT molecular complexity index is 316. The first-order valence-electron chi connectivity index (χ1n) is 5.08. The lowest BCUT2D eigenvalue weighted by atomic mass is 9.95. The van der Waals surface area contributed by atoms with Crippen LogP contribution in [0, 0.1) is 13.8 Å². The summed E-state index contributed by atoms with van der Waals surface area (Å²) in [5.41, 5.74) is 3.45. The lowest BCUT2D eigenvalue weighted by Gasteiger charge is -2.18. The van der Waals surface area contributed by atoms with Crippen molar-refractivity contribution in [3.8, 4) is 5.75 Å². The normalized spacial score (nSPS) is 12.9. The molecule has 1 unspecified atom stereocenters. The van der Waals surface area contributed by atoms with Crippen LogP contribution in [0.5, 0.6) is 5.75 Å². The van der Waals surface area contributed by atoms with E-state index in [4.69, 9.17) is 0 Å². The van der Waals surface area contributed by atoms with Gasteiger partial charge in [-0.15, -0.1) is 0 Å². The molecular formula is C12H19NO. The van der Waals surface area contributed by atoms with Crippen LogP contribution in [-0.2, 0) is 0 Å². The Morgan fingerprint density at radius 2 is 1.93 bits per heavy atom. The first-order valence-corrected chi connectivity index (χ1v) is 5.08. The van der Waals surface area contributed by atoms with Gasteiger partial charge in [-0.2, -0.15) is 0 Å². The Kier molecular flexibility index (Phi) is 3.53. The molecule has 0 fully saturated rings. The molecule has 1 atom stereocenters. The van der Waals surface area contributed by atoms with Gasteiger partial charge in [-0.05, 0) is 50.1 Å². The standard InChI is InChI=1S/C12H19NO/c1-5-11(13-4)10-6-7-12(14)9(3)8(10)2/h6-7,11,13-14H,5H2,1-4H3. The Labute approximate surface area is 86.0 Å². The summed E-state index contributed by atoms with van der Waals surface area (Å²) in [6.45, 7) is 6.17. The van der Waals surface area contributed by atoms with Crippen molar-refractivity contribution in [2.75, 3.05) is 7.05 Å². The molecule has 0 spiro atoms. The van der Waals surface area contributed by atoms with E-state index in [1.165, 1.54) is 11.1 Å². The van der Waals surface area contributed by atoms with E-state index >= 15 is 0 Å². The van der Waals surface area contributed by atoms with Crippen LogP contribution in [0.3, 0.4) is 0 Å². The third-order valence-corrected chi connectivity index (χ3v) is 2.93. The number of aromatic hydroxyl groups is 1. The van der Waals surface area contributed by atoms with Crippen LogP contribution in [0.1, 0.15) is 36.1 Å². The van der Waals surface area contributed by atoms with Crippen molar-refractivity contribution in [1.29, 1.82) is 0 Å². The van der Waals surface area contributed by atoms with E-state index in [1.807, 2.05) is 20.0 Å². The molecular weight excluding hydrogens is 174 g/mol. The predicted molar refractivity (Wildman–Crippen MR) is 59.7 cm³/mol. The molecule has 1 aromatic carbocycles. The first kappa shape index (κ1) is 11.1. The lowest BCUT2D eigenvalue weighted by molar-refractivity contribution is 0.469. The van der Waals surface area contributed by atoms with E-state index in [2.05, 4.69) is 19.2 Å². The number of phenolic OH excluding ortho intramolecular Hbond substituents is 1. The van der Waals surface area contributed by atoms with E-state index in [-0.39, 0.29) is 0 Å². The summed E-state index contributed by atoms with van der Waals surface area (Å²) < 4.78 is 0. The maximum Gasteiger partial charge on any atom is 0.118 e. The van der Waals surface area contributed by atoms with Crippen LogP contribution < -0.4 is 5.32 Å². The topological polar surface area (TPSA) is 32.3 Å². The molecule has 0 bridgehead atoms. The zero-order chi connectivity index (χ0) is 10.7. The van der Waals surface area contributed by atoms with Gasteiger partial charge in [0.2, 0.25) is 0 Å². The molecule has 0 heterocycles. The third kappa shape index (κ3) is 1.90. The Balaban J connectivity index is 3.16. The van der Waals surface area contributed by atoms with Gasteiger partial charge in [0.25, 0.3) is 0 Å². The number of hydrogen-bond donors (Lipinski definition) is 2. The summed E-state index contributed by atoms with van der Waals surface area (Å²) in [6.07, 6.45) is 1.06. The highest BCUT2D eigenvalue weighted by molar-refractivity contribution is 5.43. The number of benzene rings is 1. The first-order chi connectivity index (χ1) is 6.61. The van der Waals surface area contributed by atoms with Gasteiger partial charge in [0, 0.05) is 6.04 Å². The summed E-state index contributed by atoms with van der Waals surface area (Å²) in [6, 6.07) is 4.16. The van der Waals surface area contributed by atoms with Crippen molar-refractivity contribution < 1.29 is 5.11 Å². The number of rotatable bonds is 3. The molecule has 0 amide bonds. The number of nitrogens with one attached hydrogen (secondary N) is 1. The average Bonchev–Trinajstić information content (AvgIpc) is 2.19. The van der Waals surface area contributed by atoms with Crippen molar-refractivity contribution in [1.82, 2.24) is 5.32 Å². The fourth-order valence-electron chi connectivity index (χ4n) is 1.78. The molecule has 0 aliphatic rings. The van der Waals surface area contributed by atoms with Crippen molar-refractivity contribution in [2.45, 2.75) is 33.2 Å². The molecule has 0 aliphatic heterocycles. The minimum Gasteiger partial charge on any atom is -0.508 e. The number of hydrogen-bond acceptors (Lipinski definition) is 2. The molecule has 78 valence electrons. The van der Waals surface area contributed by atoms with Crippen molar-refractivity contribution in [2.24, 2.45) is 0 Å². The van der Waals surface area contributed by atoms with Gasteiger partial charge in [0.15, 0.2) is 0 Å². The molecule has 0 aliphatic carbocycles. The van der Waals surface area contributed by atoms with E-state index in [0.29, 0.717) is 11.8 Å². The highest BCUT2D eigenvalue weighted by Crippen LogP contribution is 2.27. The van der Waals surface area contributed by atoms with Crippen molar-refractivity contribution in [3.05, 3.63) is 28.8 Å². The monoisotopic (exact) mass is 193 g/mol. The Morgan fingerprint density at radius 1 is 1.29 bits per heavy atom. The molecule has 0 radical (unpaired) electrons. The van der Waals surface area contributed by atoms with Crippen LogP contribution in [-0.4, -0.2) is 12.2 Å². The fourth-order valence-corrected chi connectivity index (χ4v) is 1.78. The van der Waals surface area contributed by atoms with E-state index < -0.39 is 0 Å². The smallest absolute Gasteiger partial charge is 0.118 e. The molecule has 0 saturated carbocycles. The van der Waals surface area contributed by atoms with Gasteiger partial charge < -0.3 is 10.4 Å². The highest BCUT2D eigenvalue weighted by atomic mass is 16.3. The summed E-state index contributed by atoms with van der Waals surface area (Å²) in [5.74, 6) is 0.386. The summed E-state index contributed by atoms with van der Waals surface area (Å²) in [5, 5.41) is 12.8. The Morgan fingerprint density at radius 3 is 2.43 bits per heavy atom. The molecule has 2 heteroatoms. The van der Waals surface area contributed by atoms with Crippen molar-refractivity contribution in [3.63, 3.8) is 0 Å². The number of phenols is 1. The van der Waals surface area contributed by atoms with Gasteiger partial charge in [-0.3, -0.25) is 0 Å². The summed E-state index contributed by atoms with van der Waals surface area (Å²) >= 11 is 0. The third-order valence-electron chi connectivity index (χ3n) is 2.93. The van der Waals surface area contributed by atoms with Gasteiger partial charge in [-0.25, -0.2) is 0 Å². The van der Waals surface area contributed by atoms with E-state index in [9.17, 15) is 5.11 Å². The molecule has 2 nitrogen and oxygen atoms in total. The zero-order valence-electron chi connectivity index (χ0n) is 9.39. The van der Waals surface area contributed by atoms with Gasteiger partial charge in [-0.1, -0.05) is 13.0 Å². The summed E-state index contributed by atoms with van der Waals surface area (Å²) in [7, 11) is 1.97. The Hall–Kier alpha value is -1.02. The van der Waals surface area contributed by atoms with Crippen LogP contribution >= 0.6 is 0 Å². The van der Waals surface area contributed by atoms with Crippen LogP contribution in [0.2, 0.25) is 0 Å². The second kappa shape index (κ2) is 4.47. The average molecular weight is 193 g/mol. The lowest BCUT2D eigenvalue weighted by Crippen LogP contribution is -2.16. The van der Waals surface area contributed by atoms with Crippen LogP contribution in [0.4, 0.5) is 0 Å². The van der Waals surface area contributed by atoms with Crippen LogP contribution in [0.15, 0.2) is 12.1 Å². The molecule has 1 aromatic rings. The van der Waals surface area contributed by atoms with Gasteiger partial charge in [0.1, 0.15) is 5.75 Å². The maximum atomic E-state index is 9.53. The SMILES string of the molecule is CCC(NC)c1ccc(O)c(C)c1C. The molecule has 0 aromatic heterocycles. The minimum absolute atomic E-state index is 0.384. The second-order valence-corrected chi connectivity index (χ2v) is 3.67. The van der Waals surface area contributed by atoms with Crippen LogP contribution in [0.25, 0.3) is 0 Å². The molecule has 14 heavy (non-hydrogen) atoms. The summed E-state index contributed by atoms with van der Waals surface area (Å²) in [4.78, 5) is 0. The predicted octanol–water partition coefficient (Wildman–Crippen LogP) is 2.68. The highest BCUT2D eigenvalue weighted by Gasteiger charge is 2.12.